The number of aromatic nitrogens is 3. The van der Waals surface area contributed by atoms with Crippen LogP contribution in [0, 0.1) is 0 Å². The molecule has 0 amide bonds. The molecule has 0 unspecified atom stereocenters. The number of rotatable bonds is 0. The van der Waals surface area contributed by atoms with Crippen LogP contribution < -0.4 is 5.46 Å². The molecule has 0 N–H and O–H groups in total. The van der Waals surface area contributed by atoms with Crippen LogP contribution in [-0.4, -0.2) is 22.6 Å². The molecule has 2 radical (unpaired) electrons. The number of fused-ring (bicyclic) bond motifs is 1. The topological polar surface area (TPSA) is 30.7 Å². The lowest BCUT2D eigenvalue weighted by molar-refractivity contribution is 0.795. The summed E-state index contributed by atoms with van der Waals surface area (Å²) in [4.78, 5) is 3.92. The third-order valence-electron chi connectivity index (χ3n) is 1.76. The molecule has 0 bridgehead atoms. The average Bonchev–Trinajstić information content (AvgIpc) is 2.42. The molecule has 12 heavy (non-hydrogen) atoms. The molecule has 0 aromatic carbocycles. The molecule has 0 atom stereocenters. The standard InChI is InChI=1S/C7H5BClN3/c1-12-6-4(2-11-12)5(8)3-10-7(6)9/h2-3H,1H3. The van der Waals surface area contributed by atoms with E-state index in [9.17, 15) is 0 Å². The number of nitrogens with zero attached hydrogens (tertiary/aromatic N) is 3. The summed E-state index contributed by atoms with van der Waals surface area (Å²) >= 11 is 5.85. The van der Waals surface area contributed by atoms with Crippen molar-refractivity contribution in [3.63, 3.8) is 0 Å². The first-order chi connectivity index (χ1) is 5.70. The first kappa shape index (κ1) is 7.62. The van der Waals surface area contributed by atoms with Crippen LogP contribution in [0.5, 0.6) is 0 Å². The molecule has 0 spiro atoms. The van der Waals surface area contributed by atoms with E-state index in [2.05, 4.69) is 10.1 Å². The quantitative estimate of drug-likeness (QED) is 0.431. The maximum atomic E-state index is 5.85. The summed E-state index contributed by atoms with van der Waals surface area (Å²) in [6.07, 6.45) is 3.21. The van der Waals surface area contributed by atoms with E-state index in [1.165, 1.54) is 6.20 Å². The Balaban J connectivity index is 2.98. The number of hydrogen-bond donors (Lipinski definition) is 0. The van der Waals surface area contributed by atoms with Gasteiger partial charge in [0.15, 0.2) is 5.15 Å². The maximum absolute atomic E-state index is 5.85. The Morgan fingerprint density at radius 3 is 2.92 bits per heavy atom. The normalized spacial score (nSPS) is 10.8. The van der Waals surface area contributed by atoms with Gasteiger partial charge in [-0.3, -0.25) is 4.68 Å². The minimum Gasteiger partial charge on any atom is -0.265 e. The molecular weight excluding hydrogens is 172 g/mol. The SMILES string of the molecule is [B]c1cnc(Cl)c2c1cnn2C. The number of aryl methyl sites for hydroxylation is 1. The van der Waals surface area contributed by atoms with Gasteiger partial charge in [-0.15, -0.1) is 0 Å². The summed E-state index contributed by atoms with van der Waals surface area (Å²) in [5.74, 6) is 0. The molecule has 2 heterocycles. The van der Waals surface area contributed by atoms with Crippen molar-refractivity contribution in [2.75, 3.05) is 0 Å². The van der Waals surface area contributed by atoms with Crippen molar-refractivity contribution in [3.8, 4) is 0 Å². The van der Waals surface area contributed by atoms with Gasteiger partial charge in [0.05, 0.1) is 6.20 Å². The van der Waals surface area contributed by atoms with Crippen LogP contribution in [0.1, 0.15) is 0 Å². The lowest BCUT2D eigenvalue weighted by atomic mass is 9.95. The number of halogens is 1. The van der Waals surface area contributed by atoms with Crippen LogP contribution >= 0.6 is 11.6 Å². The zero-order chi connectivity index (χ0) is 8.72. The van der Waals surface area contributed by atoms with Gasteiger partial charge in [0, 0.05) is 18.6 Å². The van der Waals surface area contributed by atoms with Crippen molar-refractivity contribution in [1.29, 1.82) is 0 Å². The third-order valence-corrected chi connectivity index (χ3v) is 2.04. The predicted molar refractivity (Wildman–Crippen MR) is 48.9 cm³/mol. The van der Waals surface area contributed by atoms with E-state index in [0.717, 1.165) is 10.9 Å². The van der Waals surface area contributed by atoms with Crippen molar-refractivity contribution in [2.24, 2.45) is 7.05 Å². The van der Waals surface area contributed by atoms with E-state index >= 15 is 0 Å². The summed E-state index contributed by atoms with van der Waals surface area (Å²) in [7, 11) is 7.46. The Morgan fingerprint density at radius 2 is 2.25 bits per heavy atom. The Hall–Kier alpha value is -1.03. The second-order valence-electron chi connectivity index (χ2n) is 2.53. The average molecular weight is 177 g/mol. The molecule has 58 valence electrons. The van der Waals surface area contributed by atoms with Crippen LogP contribution in [0.3, 0.4) is 0 Å². The Labute approximate surface area is 75.8 Å². The van der Waals surface area contributed by atoms with Gasteiger partial charge in [-0.1, -0.05) is 17.1 Å². The highest BCUT2D eigenvalue weighted by atomic mass is 35.5. The van der Waals surface area contributed by atoms with Gasteiger partial charge < -0.3 is 0 Å². The number of hydrogen-bond acceptors (Lipinski definition) is 2. The van der Waals surface area contributed by atoms with Crippen LogP contribution in [0.4, 0.5) is 0 Å². The first-order valence-corrected chi connectivity index (χ1v) is 3.79. The van der Waals surface area contributed by atoms with Crippen molar-refractivity contribution >= 4 is 35.8 Å². The molecule has 0 fully saturated rings. The molecule has 0 saturated heterocycles. The Kier molecular flexibility index (Phi) is 1.58. The minimum absolute atomic E-state index is 0.430. The zero-order valence-corrected chi connectivity index (χ0v) is 7.21. The van der Waals surface area contributed by atoms with Gasteiger partial charge in [-0.05, 0) is 0 Å². The predicted octanol–water partition coefficient (Wildman–Crippen LogP) is 0.415. The van der Waals surface area contributed by atoms with Gasteiger partial charge in [-0.25, -0.2) is 4.98 Å². The van der Waals surface area contributed by atoms with Crippen molar-refractivity contribution in [1.82, 2.24) is 14.8 Å². The molecule has 2 aromatic heterocycles. The molecular formula is C7H5BClN3. The Bertz CT molecular complexity index is 437. The minimum atomic E-state index is 0.430. The lowest BCUT2D eigenvalue weighted by Gasteiger charge is -1.98. The lowest BCUT2D eigenvalue weighted by Crippen LogP contribution is -2.04. The van der Waals surface area contributed by atoms with Crippen LogP contribution in [0.2, 0.25) is 5.15 Å². The maximum Gasteiger partial charge on any atom is 0.154 e. The fraction of sp³-hybridized carbons (Fsp3) is 0.143. The van der Waals surface area contributed by atoms with Crippen molar-refractivity contribution < 1.29 is 0 Å². The second-order valence-corrected chi connectivity index (χ2v) is 2.89. The Morgan fingerprint density at radius 1 is 1.50 bits per heavy atom. The van der Waals surface area contributed by atoms with Crippen LogP contribution in [0.25, 0.3) is 10.9 Å². The summed E-state index contributed by atoms with van der Waals surface area (Å²) < 4.78 is 1.65. The second kappa shape index (κ2) is 2.49. The van der Waals surface area contributed by atoms with Crippen LogP contribution in [-0.2, 0) is 7.05 Å². The van der Waals surface area contributed by atoms with Crippen LogP contribution in [0.15, 0.2) is 12.4 Å². The summed E-state index contributed by atoms with van der Waals surface area (Å²) in [5.41, 5.74) is 1.37. The zero-order valence-electron chi connectivity index (χ0n) is 6.45. The first-order valence-electron chi connectivity index (χ1n) is 3.42. The largest absolute Gasteiger partial charge is 0.265 e. The molecule has 0 aliphatic rings. The van der Waals surface area contributed by atoms with Crippen molar-refractivity contribution in [2.45, 2.75) is 0 Å². The third kappa shape index (κ3) is 0.915. The highest BCUT2D eigenvalue weighted by Gasteiger charge is 2.06. The number of pyridine rings is 1. The molecule has 5 heteroatoms. The summed E-state index contributed by atoms with van der Waals surface area (Å²) in [6, 6.07) is 0. The summed E-state index contributed by atoms with van der Waals surface area (Å²) in [6.45, 7) is 0. The molecule has 3 nitrogen and oxygen atoms in total. The summed E-state index contributed by atoms with van der Waals surface area (Å²) in [5, 5.41) is 5.30. The van der Waals surface area contributed by atoms with E-state index in [1.807, 2.05) is 0 Å². The highest BCUT2D eigenvalue weighted by molar-refractivity contribution is 6.41. The molecule has 0 saturated carbocycles. The van der Waals surface area contributed by atoms with E-state index in [4.69, 9.17) is 19.4 Å². The highest BCUT2D eigenvalue weighted by Crippen LogP contribution is 2.17. The van der Waals surface area contributed by atoms with Gasteiger partial charge >= 0.3 is 0 Å². The van der Waals surface area contributed by atoms with Gasteiger partial charge in [0.25, 0.3) is 0 Å². The molecule has 2 aromatic rings. The fourth-order valence-electron chi connectivity index (χ4n) is 1.15. The van der Waals surface area contributed by atoms with E-state index in [-0.39, 0.29) is 0 Å². The molecule has 2 rings (SSSR count). The van der Waals surface area contributed by atoms with Gasteiger partial charge in [0.2, 0.25) is 0 Å². The fourth-order valence-corrected chi connectivity index (χ4v) is 1.42. The molecule has 0 aliphatic carbocycles. The van der Waals surface area contributed by atoms with Crippen molar-refractivity contribution in [3.05, 3.63) is 17.5 Å². The van der Waals surface area contributed by atoms with E-state index in [1.54, 1.807) is 17.9 Å². The van der Waals surface area contributed by atoms with E-state index in [0.29, 0.717) is 10.6 Å². The van der Waals surface area contributed by atoms with E-state index < -0.39 is 0 Å². The molecule has 0 aliphatic heterocycles. The van der Waals surface area contributed by atoms with Gasteiger partial charge in [-0.2, -0.15) is 5.10 Å². The smallest absolute Gasteiger partial charge is 0.154 e. The monoisotopic (exact) mass is 177 g/mol. The van der Waals surface area contributed by atoms with Gasteiger partial charge in [0.1, 0.15) is 13.4 Å².